The minimum Gasteiger partial charge on any atom is -0.323 e. The number of hydrogen-bond donors (Lipinski definition) is 1. The molecule has 0 aliphatic heterocycles. The summed E-state index contributed by atoms with van der Waals surface area (Å²) in [5.41, 5.74) is 1.29. The number of carbonyl (C=O) groups is 1. The van der Waals surface area contributed by atoms with Crippen LogP contribution in [0.25, 0.3) is 11.0 Å². The van der Waals surface area contributed by atoms with Crippen molar-refractivity contribution in [3.63, 3.8) is 0 Å². The third kappa shape index (κ3) is 2.80. The SMILES string of the molecule is Cc1cccc(Cl)c1NC(=O)Cn1nnc2c(cnn2C)c1=O. The number of nitrogens with zero attached hydrogens (tertiary/aromatic N) is 5. The van der Waals surface area contributed by atoms with E-state index < -0.39 is 11.5 Å². The topological polar surface area (TPSA) is 94.7 Å². The lowest BCUT2D eigenvalue weighted by Crippen LogP contribution is -2.30. The van der Waals surface area contributed by atoms with Crippen molar-refractivity contribution in [3.05, 3.63) is 45.3 Å². The van der Waals surface area contributed by atoms with Crippen LogP contribution >= 0.6 is 11.6 Å². The van der Waals surface area contributed by atoms with Crippen LogP contribution in [0.5, 0.6) is 0 Å². The molecule has 0 fully saturated rings. The number of para-hydroxylation sites is 1. The van der Waals surface area contributed by atoms with Crippen LogP contribution in [0.2, 0.25) is 5.02 Å². The molecule has 1 aromatic carbocycles. The molecule has 1 N–H and O–H groups in total. The maximum Gasteiger partial charge on any atom is 0.281 e. The van der Waals surface area contributed by atoms with E-state index in [-0.39, 0.29) is 6.54 Å². The molecule has 0 radical (unpaired) electrons. The molecular weight excluding hydrogens is 320 g/mol. The summed E-state index contributed by atoms with van der Waals surface area (Å²) in [4.78, 5) is 24.4. The molecular formula is C14H13ClN6O2. The molecule has 0 atom stereocenters. The number of aryl methyl sites for hydroxylation is 2. The minimum atomic E-state index is -0.422. The second kappa shape index (κ2) is 5.81. The summed E-state index contributed by atoms with van der Waals surface area (Å²) in [5, 5.41) is 15.0. The van der Waals surface area contributed by atoms with Crippen LogP contribution in [0.15, 0.2) is 29.2 Å². The summed E-state index contributed by atoms with van der Waals surface area (Å²) in [6, 6.07) is 5.30. The standard InChI is InChI=1S/C14H13ClN6O2/c1-8-4-3-5-10(15)12(8)17-11(22)7-21-14(23)9-6-16-20(2)13(9)18-19-21/h3-6H,7H2,1-2H3,(H,17,22). The third-order valence-corrected chi connectivity index (χ3v) is 3.71. The van der Waals surface area contributed by atoms with Gasteiger partial charge in [-0.3, -0.25) is 9.59 Å². The lowest BCUT2D eigenvalue weighted by atomic mass is 10.2. The molecule has 3 aromatic rings. The Morgan fingerprint density at radius 3 is 2.91 bits per heavy atom. The first-order valence-electron chi connectivity index (χ1n) is 6.78. The van der Waals surface area contributed by atoms with Crippen molar-refractivity contribution in [2.75, 3.05) is 5.32 Å². The molecule has 0 spiro atoms. The maximum absolute atomic E-state index is 12.3. The number of nitrogens with one attached hydrogen (secondary N) is 1. The predicted octanol–water partition coefficient (Wildman–Crippen LogP) is 1.13. The highest BCUT2D eigenvalue weighted by Crippen LogP contribution is 2.25. The summed E-state index contributed by atoms with van der Waals surface area (Å²) in [6.45, 7) is 1.57. The second-order valence-corrected chi connectivity index (χ2v) is 5.44. The van der Waals surface area contributed by atoms with Gasteiger partial charge in [0.05, 0.1) is 16.9 Å². The van der Waals surface area contributed by atoms with Gasteiger partial charge < -0.3 is 5.32 Å². The number of fused-ring (bicyclic) bond motifs is 1. The normalized spacial score (nSPS) is 10.9. The molecule has 3 rings (SSSR count). The molecule has 0 bridgehead atoms. The van der Waals surface area contributed by atoms with E-state index in [1.807, 2.05) is 13.0 Å². The lowest BCUT2D eigenvalue weighted by Gasteiger charge is -2.10. The molecule has 0 aliphatic carbocycles. The van der Waals surface area contributed by atoms with Crippen molar-refractivity contribution in [3.8, 4) is 0 Å². The third-order valence-electron chi connectivity index (χ3n) is 3.40. The van der Waals surface area contributed by atoms with Crippen molar-refractivity contribution >= 4 is 34.2 Å². The Balaban J connectivity index is 1.86. The largest absolute Gasteiger partial charge is 0.323 e. The van der Waals surface area contributed by atoms with Crippen molar-refractivity contribution in [2.45, 2.75) is 13.5 Å². The summed E-state index contributed by atoms with van der Waals surface area (Å²) < 4.78 is 2.44. The van der Waals surface area contributed by atoms with Gasteiger partial charge in [0.25, 0.3) is 5.56 Å². The molecule has 9 heteroatoms. The van der Waals surface area contributed by atoms with Gasteiger partial charge in [0.15, 0.2) is 5.65 Å². The van der Waals surface area contributed by atoms with E-state index >= 15 is 0 Å². The first-order chi connectivity index (χ1) is 11.0. The zero-order chi connectivity index (χ0) is 16.6. The average Bonchev–Trinajstić information content (AvgIpc) is 2.88. The molecule has 0 unspecified atom stereocenters. The quantitative estimate of drug-likeness (QED) is 0.775. The van der Waals surface area contributed by atoms with E-state index in [1.54, 1.807) is 19.2 Å². The first kappa shape index (κ1) is 15.2. The van der Waals surface area contributed by atoms with E-state index in [1.165, 1.54) is 10.9 Å². The number of benzene rings is 1. The van der Waals surface area contributed by atoms with Gasteiger partial charge in [-0.1, -0.05) is 28.9 Å². The van der Waals surface area contributed by atoms with E-state index in [4.69, 9.17) is 11.6 Å². The van der Waals surface area contributed by atoms with Gasteiger partial charge in [0, 0.05) is 7.05 Å². The Kier molecular flexibility index (Phi) is 3.83. The lowest BCUT2D eigenvalue weighted by molar-refractivity contribution is -0.117. The van der Waals surface area contributed by atoms with Crippen molar-refractivity contribution in [1.82, 2.24) is 24.8 Å². The van der Waals surface area contributed by atoms with Crippen molar-refractivity contribution in [2.24, 2.45) is 7.05 Å². The van der Waals surface area contributed by atoms with Gasteiger partial charge in [0.2, 0.25) is 5.91 Å². The van der Waals surface area contributed by atoms with E-state index in [9.17, 15) is 9.59 Å². The predicted molar refractivity (Wildman–Crippen MR) is 85.4 cm³/mol. The zero-order valence-electron chi connectivity index (χ0n) is 12.4. The van der Waals surface area contributed by atoms with Crippen molar-refractivity contribution in [1.29, 1.82) is 0 Å². The highest BCUT2D eigenvalue weighted by Gasteiger charge is 2.14. The number of rotatable bonds is 3. The van der Waals surface area contributed by atoms with Gasteiger partial charge >= 0.3 is 0 Å². The Labute approximate surface area is 135 Å². The monoisotopic (exact) mass is 332 g/mol. The van der Waals surface area contributed by atoms with Crippen LogP contribution in [-0.4, -0.2) is 30.7 Å². The van der Waals surface area contributed by atoms with Crippen LogP contribution in [-0.2, 0) is 18.4 Å². The highest BCUT2D eigenvalue weighted by atomic mass is 35.5. The van der Waals surface area contributed by atoms with Crippen LogP contribution in [0.1, 0.15) is 5.56 Å². The Morgan fingerprint density at radius 1 is 1.39 bits per heavy atom. The fourth-order valence-electron chi connectivity index (χ4n) is 2.19. The number of anilines is 1. The van der Waals surface area contributed by atoms with Gasteiger partial charge in [-0.15, -0.1) is 5.10 Å². The Morgan fingerprint density at radius 2 is 2.17 bits per heavy atom. The number of hydrogen-bond acceptors (Lipinski definition) is 5. The highest BCUT2D eigenvalue weighted by molar-refractivity contribution is 6.33. The zero-order valence-corrected chi connectivity index (χ0v) is 13.2. The van der Waals surface area contributed by atoms with Gasteiger partial charge in [-0.05, 0) is 18.6 Å². The smallest absolute Gasteiger partial charge is 0.281 e. The molecule has 8 nitrogen and oxygen atoms in total. The fourth-order valence-corrected chi connectivity index (χ4v) is 2.45. The van der Waals surface area contributed by atoms with Crippen molar-refractivity contribution < 1.29 is 4.79 Å². The second-order valence-electron chi connectivity index (χ2n) is 5.04. The summed E-state index contributed by atoms with van der Waals surface area (Å²) in [6.07, 6.45) is 1.40. The van der Waals surface area contributed by atoms with Crippen LogP contribution in [0.4, 0.5) is 5.69 Å². The average molecular weight is 333 g/mol. The summed E-state index contributed by atoms with van der Waals surface area (Å²) in [7, 11) is 1.66. The molecule has 0 saturated carbocycles. The maximum atomic E-state index is 12.3. The number of amides is 1. The molecule has 2 heterocycles. The Bertz CT molecular complexity index is 941. The first-order valence-corrected chi connectivity index (χ1v) is 7.15. The minimum absolute atomic E-state index is 0.263. The Hall–Kier alpha value is -2.74. The molecule has 118 valence electrons. The van der Waals surface area contributed by atoms with Gasteiger partial charge in [-0.25, -0.2) is 9.36 Å². The van der Waals surface area contributed by atoms with E-state index in [0.717, 1.165) is 10.2 Å². The number of halogens is 1. The van der Waals surface area contributed by atoms with Crippen LogP contribution in [0, 0.1) is 6.92 Å². The molecule has 1 amide bonds. The van der Waals surface area contributed by atoms with E-state index in [0.29, 0.717) is 21.7 Å². The molecule has 2 aromatic heterocycles. The van der Waals surface area contributed by atoms with Gasteiger partial charge in [-0.2, -0.15) is 5.10 Å². The molecule has 23 heavy (non-hydrogen) atoms. The number of carbonyl (C=O) groups excluding carboxylic acids is 1. The summed E-state index contributed by atoms with van der Waals surface area (Å²) >= 11 is 6.07. The molecule has 0 saturated heterocycles. The molecule has 0 aliphatic rings. The van der Waals surface area contributed by atoms with Crippen LogP contribution in [0.3, 0.4) is 0 Å². The summed E-state index contributed by atoms with van der Waals surface area (Å²) in [5.74, 6) is -0.416. The number of aromatic nitrogens is 5. The van der Waals surface area contributed by atoms with Crippen LogP contribution < -0.4 is 10.9 Å². The van der Waals surface area contributed by atoms with Gasteiger partial charge in [0.1, 0.15) is 11.9 Å². The fraction of sp³-hybridized carbons (Fsp3) is 0.214. The van der Waals surface area contributed by atoms with E-state index in [2.05, 4.69) is 20.7 Å².